The molecule has 0 aliphatic rings. The molecule has 0 amide bonds. The molecule has 2 aromatic carbocycles. The molecule has 2 rings (SSSR count). The monoisotopic (exact) mass is 372 g/mol. The van der Waals surface area contributed by atoms with Crippen LogP contribution in [0.25, 0.3) is 11.1 Å². The van der Waals surface area contributed by atoms with Crippen molar-refractivity contribution in [1.82, 2.24) is 0 Å². The number of hydrogen-bond donors (Lipinski definition) is 0. The van der Waals surface area contributed by atoms with E-state index in [0.29, 0.717) is 18.6 Å². The summed E-state index contributed by atoms with van der Waals surface area (Å²) in [4.78, 5) is 23.6. The highest BCUT2D eigenvalue weighted by Gasteiger charge is 2.29. The average molecular weight is 373 g/mol. The molecule has 0 aliphatic carbocycles. The SMILES string of the molecule is CCCCOC(=O)C(C)(C)Cc1ccc(-c2cccc(C(=O)Cl)c2)cc1. The molecule has 0 bridgehead atoms. The maximum absolute atomic E-state index is 12.3. The molecule has 0 spiro atoms. The molecule has 0 unspecified atom stereocenters. The van der Waals surface area contributed by atoms with Crippen molar-refractivity contribution in [3.8, 4) is 11.1 Å². The van der Waals surface area contributed by atoms with Gasteiger partial charge in [0.1, 0.15) is 0 Å². The van der Waals surface area contributed by atoms with Gasteiger partial charge in [0.05, 0.1) is 12.0 Å². The number of rotatable bonds is 8. The van der Waals surface area contributed by atoms with Crippen molar-refractivity contribution in [3.05, 3.63) is 59.7 Å². The molecule has 4 heteroatoms. The van der Waals surface area contributed by atoms with Gasteiger partial charge in [-0.1, -0.05) is 55.8 Å². The minimum absolute atomic E-state index is 0.164. The predicted octanol–water partition coefficient (Wildman–Crippen LogP) is 5.64. The van der Waals surface area contributed by atoms with Crippen LogP contribution in [-0.2, 0) is 16.0 Å². The number of hydrogen-bond acceptors (Lipinski definition) is 3. The van der Waals surface area contributed by atoms with Crippen molar-refractivity contribution in [3.63, 3.8) is 0 Å². The van der Waals surface area contributed by atoms with Crippen LogP contribution >= 0.6 is 11.6 Å². The number of benzene rings is 2. The lowest BCUT2D eigenvalue weighted by atomic mass is 9.85. The van der Waals surface area contributed by atoms with Crippen LogP contribution in [-0.4, -0.2) is 17.8 Å². The summed E-state index contributed by atoms with van der Waals surface area (Å²) >= 11 is 5.55. The summed E-state index contributed by atoms with van der Waals surface area (Å²) in [5.41, 5.74) is 2.90. The Hall–Kier alpha value is -2.13. The van der Waals surface area contributed by atoms with E-state index in [1.165, 1.54) is 0 Å². The molecule has 0 aromatic heterocycles. The number of carbonyl (C=O) groups excluding carboxylic acids is 2. The summed E-state index contributed by atoms with van der Waals surface area (Å²) in [7, 11) is 0. The summed E-state index contributed by atoms with van der Waals surface area (Å²) in [5, 5.41) is -0.466. The zero-order valence-electron chi connectivity index (χ0n) is 15.5. The Bertz CT molecular complexity index is 763. The van der Waals surface area contributed by atoms with E-state index in [4.69, 9.17) is 16.3 Å². The van der Waals surface area contributed by atoms with Gasteiger partial charge in [0.15, 0.2) is 0 Å². The third kappa shape index (κ3) is 5.43. The normalized spacial score (nSPS) is 11.2. The molecule has 0 saturated carbocycles. The quantitative estimate of drug-likeness (QED) is 0.342. The van der Waals surface area contributed by atoms with E-state index in [9.17, 15) is 9.59 Å². The summed E-state index contributed by atoms with van der Waals surface area (Å²) in [5.74, 6) is -0.164. The van der Waals surface area contributed by atoms with Crippen LogP contribution in [0.4, 0.5) is 0 Å². The minimum Gasteiger partial charge on any atom is -0.465 e. The van der Waals surface area contributed by atoms with Gasteiger partial charge in [-0.3, -0.25) is 9.59 Å². The van der Waals surface area contributed by atoms with E-state index in [0.717, 1.165) is 29.5 Å². The van der Waals surface area contributed by atoms with Crippen molar-refractivity contribution < 1.29 is 14.3 Å². The Balaban J connectivity index is 2.08. The largest absolute Gasteiger partial charge is 0.465 e. The van der Waals surface area contributed by atoms with E-state index in [1.807, 2.05) is 50.2 Å². The first-order valence-corrected chi connectivity index (χ1v) is 9.27. The Labute approximate surface area is 160 Å². The Kier molecular flexibility index (Phi) is 6.98. The summed E-state index contributed by atoms with van der Waals surface area (Å²) in [6, 6.07) is 15.2. The predicted molar refractivity (Wildman–Crippen MR) is 105 cm³/mol. The first-order valence-electron chi connectivity index (χ1n) is 8.90. The number of ether oxygens (including phenoxy) is 1. The van der Waals surface area contributed by atoms with Crippen LogP contribution in [0, 0.1) is 5.41 Å². The Morgan fingerprint density at radius 1 is 1.04 bits per heavy atom. The second kappa shape index (κ2) is 9.00. The third-order valence-corrected chi connectivity index (χ3v) is 4.52. The number of halogens is 1. The van der Waals surface area contributed by atoms with Crippen molar-refractivity contribution in [2.75, 3.05) is 6.61 Å². The van der Waals surface area contributed by atoms with Gasteiger partial charge in [0, 0.05) is 5.56 Å². The molecule has 26 heavy (non-hydrogen) atoms. The van der Waals surface area contributed by atoms with Gasteiger partial charge < -0.3 is 4.74 Å². The van der Waals surface area contributed by atoms with Gasteiger partial charge in [-0.2, -0.15) is 0 Å². The fourth-order valence-electron chi connectivity index (χ4n) is 2.72. The Morgan fingerprint density at radius 2 is 1.73 bits per heavy atom. The second-order valence-corrected chi connectivity index (χ2v) is 7.44. The molecular weight excluding hydrogens is 348 g/mol. The maximum atomic E-state index is 12.3. The average Bonchev–Trinajstić information content (AvgIpc) is 2.62. The van der Waals surface area contributed by atoms with Crippen LogP contribution in [0.5, 0.6) is 0 Å². The van der Waals surface area contributed by atoms with Crippen molar-refractivity contribution in [2.24, 2.45) is 5.41 Å². The lowest BCUT2D eigenvalue weighted by Gasteiger charge is -2.22. The molecule has 2 aromatic rings. The minimum atomic E-state index is -0.569. The van der Waals surface area contributed by atoms with Gasteiger partial charge >= 0.3 is 5.97 Å². The number of carbonyl (C=O) groups is 2. The highest BCUT2D eigenvalue weighted by atomic mass is 35.5. The molecule has 0 aliphatic heterocycles. The van der Waals surface area contributed by atoms with Crippen molar-refractivity contribution in [2.45, 2.75) is 40.0 Å². The lowest BCUT2D eigenvalue weighted by Crippen LogP contribution is -2.29. The topological polar surface area (TPSA) is 43.4 Å². The van der Waals surface area contributed by atoms with Crippen LogP contribution in [0.3, 0.4) is 0 Å². The molecule has 138 valence electrons. The van der Waals surface area contributed by atoms with Crippen molar-refractivity contribution in [1.29, 1.82) is 0 Å². The van der Waals surface area contributed by atoms with Gasteiger partial charge in [-0.25, -0.2) is 0 Å². The van der Waals surface area contributed by atoms with E-state index in [2.05, 4.69) is 6.92 Å². The standard InChI is InChI=1S/C22H25ClO3/c1-4-5-13-26-21(25)22(2,3)15-16-9-11-17(12-10-16)18-7-6-8-19(14-18)20(23)24/h6-12,14H,4-5,13,15H2,1-3H3. The molecule has 0 fully saturated rings. The fourth-order valence-corrected chi connectivity index (χ4v) is 2.84. The maximum Gasteiger partial charge on any atom is 0.311 e. The van der Waals surface area contributed by atoms with Crippen LogP contribution in [0.2, 0.25) is 0 Å². The highest BCUT2D eigenvalue weighted by molar-refractivity contribution is 6.67. The molecule has 0 saturated heterocycles. The van der Waals surface area contributed by atoms with Crippen molar-refractivity contribution >= 4 is 22.8 Å². The molecule has 0 heterocycles. The van der Waals surface area contributed by atoms with Crippen LogP contribution in [0.1, 0.15) is 49.5 Å². The zero-order valence-corrected chi connectivity index (χ0v) is 16.3. The zero-order chi connectivity index (χ0) is 19.2. The van der Waals surface area contributed by atoms with Gasteiger partial charge in [0.25, 0.3) is 5.24 Å². The highest BCUT2D eigenvalue weighted by Crippen LogP contribution is 2.27. The van der Waals surface area contributed by atoms with Gasteiger partial charge in [-0.05, 0) is 61.0 Å². The third-order valence-electron chi connectivity index (χ3n) is 4.31. The van der Waals surface area contributed by atoms with E-state index < -0.39 is 10.7 Å². The first-order chi connectivity index (χ1) is 12.3. The smallest absolute Gasteiger partial charge is 0.311 e. The summed E-state index contributed by atoms with van der Waals surface area (Å²) in [6.45, 7) is 6.36. The van der Waals surface area contributed by atoms with Crippen LogP contribution in [0.15, 0.2) is 48.5 Å². The molecule has 0 N–H and O–H groups in total. The molecule has 3 nitrogen and oxygen atoms in total. The molecule has 0 atom stereocenters. The van der Waals surface area contributed by atoms with E-state index in [-0.39, 0.29) is 5.97 Å². The van der Waals surface area contributed by atoms with E-state index in [1.54, 1.807) is 12.1 Å². The lowest BCUT2D eigenvalue weighted by molar-refractivity contribution is -0.154. The summed E-state index contributed by atoms with van der Waals surface area (Å²) in [6.07, 6.45) is 2.50. The first kappa shape index (κ1) is 20.2. The Morgan fingerprint density at radius 3 is 2.35 bits per heavy atom. The van der Waals surface area contributed by atoms with Gasteiger partial charge in [0.2, 0.25) is 0 Å². The summed E-state index contributed by atoms with van der Waals surface area (Å²) < 4.78 is 5.36. The second-order valence-electron chi connectivity index (χ2n) is 7.10. The molecule has 0 radical (unpaired) electrons. The number of esters is 1. The van der Waals surface area contributed by atoms with E-state index >= 15 is 0 Å². The number of unbranched alkanes of at least 4 members (excludes halogenated alkanes) is 1. The van der Waals surface area contributed by atoms with Gasteiger partial charge in [-0.15, -0.1) is 0 Å². The van der Waals surface area contributed by atoms with Crippen LogP contribution < -0.4 is 0 Å². The fraction of sp³-hybridized carbons (Fsp3) is 0.364. The molecular formula is C22H25ClO3.